The monoisotopic (exact) mass is 665 g/mol. The molecule has 0 aliphatic rings. The Hall–Kier alpha value is -4.96. The van der Waals surface area contributed by atoms with E-state index in [9.17, 15) is 18.0 Å². The van der Waals surface area contributed by atoms with Crippen molar-refractivity contribution in [3.8, 4) is 11.1 Å². The van der Waals surface area contributed by atoms with Gasteiger partial charge in [0.15, 0.2) is 0 Å². The van der Waals surface area contributed by atoms with Gasteiger partial charge >= 0.3 is 0 Å². The number of carbonyl (C=O) groups is 2. The average molecular weight is 666 g/mol. The van der Waals surface area contributed by atoms with E-state index in [0.29, 0.717) is 18.5 Å². The highest BCUT2D eigenvalue weighted by Gasteiger charge is 2.21. The van der Waals surface area contributed by atoms with Gasteiger partial charge in [0, 0.05) is 44.2 Å². The Morgan fingerprint density at radius 1 is 0.833 bits per heavy atom. The maximum Gasteiger partial charge on any atom is 0.265 e. The first kappa shape index (κ1) is 34.4. The van der Waals surface area contributed by atoms with Crippen molar-refractivity contribution in [2.45, 2.75) is 63.3 Å². The normalized spacial score (nSPS) is 11.4. The maximum atomic E-state index is 13.2. The van der Waals surface area contributed by atoms with Gasteiger partial charge in [-0.3, -0.25) is 9.59 Å². The molecule has 5 rings (SSSR count). The number of unbranched alkanes of at least 4 members (excludes halogenated alkanes) is 3. The second-order valence-electron chi connectivity index (χ2n) is 11.8. The molecule has 9 nitrogen and oxygen atoms in total. The van der Waals surface area contributed by atoms with E-state index in [-0.39, 0.29) is 16.4 Å². The van der Waals surface area contributed by atoms with Gasteiger partial charge in [-0.25, -0.2) is 18.1 Å². The number of aryl methyl sites for hydroxylation is 1. The van der Waals surface area contributed by atoms with Gasteiger partial charge in [0.25, 0.3) is 15.9 Å². The van der Waals surface area contributed by atoms with E-state index in [1.807, 2.05) is 36.4 Å². The van der Waals surface area contributed by atoms with Crippen LogP contribution < -0.4 is 15.4 Å². The van der Waals surface area contributed by atoms with Crippen LogP contribution in [0.25, 0.3) is 22.2 Å². The van der Waals surface area contributed by atoms with E-state index in [4.69, 9.17) is 4.98 Å². The standard InChI is InChI=1S/C38H43N5O4S/c1-3-4-17-36-41-34-26-30(40-25-12-6-9-18-37(44)39-2)23-24-35(34)43(36)27-28-19-21-29(22-20-28)32-15-10-11-16-33(32)38(45)42-48(46,47)31-13-7-5-8-14-31/h5,7-8,10-11,13-16,19-24,26,40H,3-4,6,9,12,17-18,25,27H2,1-2H3,(H,39,44)(H,42,45). The molecule has 10 heteroatoms. The molecule has 4 aromatic carbocycles. The van der Waals surface area contributed by atoms with Crippen molar-refractivity contribution in [2.24, 2.45) is 0 Å². The van der Waals surface area contributed by atoms with Crippen molar-refractivity contribution in [1.29, 1.82) is 0 Å². The molecule has 2 amide bonds. The average Bonchev–Trinajstić information content (AvgIpc) is 3.45. The molecular formula is C38H43N5O4S. The molecule has 3 N–H and O–H groups in total. The molecule has 0 saturated heterocycles. The third-order valence-corrected chi connectivity index (χ3v) is 9.67. The van der Waals surface area contributed by atoms with E-state index in [1.165, 1.54) is 12.1 Å². The Balaban J connectivity index is 1.30. The van der Waals surface area contributed by atoms with Crippen molar-refractivity contribution in [3.05, 3.63) is 114 Å². The number of nitrogens with zero attached hydrogens (tertiary/aromatic N) is 2. The molecule has 1 heterocycles. The molecule has 48 heavy (non-hydrogen) atoms. The number of amides is 2. The Bertz CT molecular complexity index is 1950. The van der Waals surface area contributed by atoms with Gasteiger partial charge in [0.1, 0.15) is 5.82 Å². The lowest BCUT2D eigenvalue weighted by Crippen LogP contribution is -2.30. The zero-order valence-electron chi connectivity index (χ0n) is 27.5. The number of imidazole rings is 1. The second kappa shape index (κ2) is 16.2. The Morgan fingerprint density at radius 2 is 1.58 bits per heavy atom. The Labute approximate surface area is 282 Å². The van der Waals surface area contributed by atoms with Crippen LogP contribution in [0.15, 0.2) is 102 Å². The Morgan fingerprint density at radius 3 is 2.33 bits per heavy atom. The summed E-state index contributed by atoms with van der Waals surface area (Å²) in [5.74, 6) is 0.450. The van der Waals surface area contributed by atoms with E-state index < -0.39 is 15.9 Å². The zero-order valence-corrected chi connectivity index (χ0v) is 28.4. The van der Waals surface area contributed by atoms with E-state index >= 15 is 0 Å². The molecule has 0 aliphatic carbocycles. The van der Waals surface area contributed by atoms with Gasteiger partial charge in [-0.2, -0.15) is 0 Å². The Kier molecular flexibility index (Phi) is 11.6. The summed E-state index contributed by atoms with van der Waals surface area (Å²) in [7, 11) is -2.34. The molecule has 0 radical (unpaired) electrons. The fourth-order valence-corrected chi connectivity index (χ4v) is 6.66. The number of rotatable bonds is 16. The summed E-state index contributed by atoms with van der Waals surface area (Å²) in [5, 5.41) is 6.17. The molecule has 0 bridgehead atoms. The van der Waals surface area contributed by atoms with Gasteiger partial charge < -0.3 is 15.2 Å². The van der Waals surface area contributed by atoms with Crippen LogP contribution in [0.4, 0.5) is 5.69 Å². The third-order valence-electron chi connectivity index (χ3n) is 8.33. The van der Waals surface area contributed by atoms with Crippen molar-refractivity contribution >= 4 is 38.6 Å². The van der Waals surface area contributed by atoms with Crippen molar-refractivity contribution in [3.63, 3.8) is 0 Å². The number of carbonyl (C=O) groups excluding carboxylic acids is 2. The zero-order chi connectivity index (χ0) is 33.9. The minimum absolute atomic E-state index is 0.0314. The fraction of sp³-hybridized carbons (Fsp3) is 0.289. The number of sulfonamides is 1. The molecule has 1 aromatic heterocycles. The SMILES string of the molecule is CCCCc1nc2cc(NCCCCCC(=O)NC)ccc2n1Cc1ccc(-c2ccccc2C(=O)NS(=O)(=O)c2ccccc2)cc1. The first-order chi connectivity index (χ1) is 23.3. The summed E-state index contributed by atoms with van der Waals surface area (Å²) >= 11 is 0. The highest BCUT2D eigenvalue weighted by Crippen LogP contribution is 2.27. The van der Waals surface area contributed by atoms with Gasteiger partial charge in [-0.15, -0.1) is 0 Å². The minimum Gasteiger partial charge on any atom is -0.385 e. The summed E-state index contributed by atoms with van der Waals surface area (Å²) in [6.07, 6.45) is 6.43. The first-order valence-corrected chi connectivity index (χ1v) is 18.0. The molecule has 250 valence electrons. The quantitative estimate of drug-likeness (QED) is 0.0983. The predicted octanol–water partition coefficient (Wildman–Crippen LogP) is 6.93. The van der Waals surface area contributed by atoms with Gasteiger partial charge in [0.2, 0.25) is 5.91 Å². The smallest absolute Gasteiger partial charge is 0.265 e. The summed E-state index contributed by atoms with van der Waals surface area (Å²) < 4.78 is 30.1. The van der Waals surface area contributed by atoms with Gasteiger partial charge in [0.05, 0.1) is 15.9 Å². The summed E-state index contributed by atoms with van der Waals surface area (Å²) in [6, 6.07) is 29.2. The minimum atomic E-state index is -4.01. The van der Waals surface area contributed by atoms with Crippen LogP contribution in [0.5, 0.6) is 0 Å². The molecule has 0 unspecified atom stereocenters. The molecule has 5 aromatic rings. The molecule has 0 aliphatic heterocycles. The summed E-state index contributed by atoms with van der Waals surface area (Å²) in [6.45, 7) is 3.66. The number of fused-ring (bicyclic) bond motifs is 1. The van der Waals surface area contributed by atoms with Crippen LogP contribution in [-0.4, -0.2) is 43.4 Å². The molecular weight excluding hydrogens is 623 g/mol. The first-order valence-electron chi connectivity index (χ1n) is 16.5. The van der Waals surface area contributed by atoms with Crippen LogP contribution in [0, 0.1) is 0 Å². The van der Waals surface area contributed by atoms with Crippen LogP contribution >= 0.6 is 0 Å². The number of hydrogen-bond donors (Lipinski definition) is 3. The van der Waals surface area contributed by atoms with E-state index in [2.05, 4.69) is 45.0 Å². The van der Waals surface area contributed by atoms with Crippen molar-refractivity contribution in [1.82, 2.24) is 19.6 Å². The number of nitrogens with one attached hydrogen (secondary N) is 3. The van der Waals surface area contributed by atoms with E-state index in [0.717, 1.165) is 78.7 Å². The predicted molar refractivity (Wildman–Crippen MR) is 191 cm³/mol. The summed E-state index contributed by atoms with van der Waals surface area (Å²) in [4.78, 5) is 29.7. The highest BCUT2D eigenvalue weighted by atomic mass is 32.2. The molecule has 0 atom stereocenters. The van der Waals surface area contributed by atoms with Crippen LogP contribution in [0.1, 0.15) is 67.2 Å². The number of hydrogen-bond acceptors (Lipinski definition) is 6. The van der Waals surface area contributed by atoms with Crippen LogP contribution in [-0.2, 0) is 27.8 Å². The summed E-state index contributed by atoms with van der Waals surface area (Å²) in [5.41, 5.74) is 5.88. The number of benzene rings is 4. The lowest BCUT2D eigenvalue weighted by molar-refractivity contribution is -0.120. The topological polar surface area (TPSA) is 122 Å². The van der Waals surface area contributed by atoms with Crippen molar-refractivity contribution in [2.75, 3.05) is 18.9 Å². The molecule has 0 fully saturated rings. The molecule has 0 spiro atoms. The van der Waals surface area contributed by atoms with Crippen LogP contribution in [0.3, 0.4) is 0 Å². The molecule has 0 saturated carbocycles. The third kappa shape index (κ3) is 8.68. The lowest BCUT2D eigenvalue weighted by Gasteiger charge is -2.13. The van der Waals surface area contributed by atoms with Crippen LogP contribution in [0.2, 0.25) is 0 Å². The lowest BCUT2D eigenvalue weighted by atomic mass is 9.98. The maximum absolute atomic E-state index is 13.2. The fourth-order valence-electron chi connectivity index (χ4n) is 5.68. The number of anilines is 1. The largest absolute Gasteiger partial charge is 0.385 e. The van der Waals surface area contributed by atoms with E-state index in [1.54, 1.807) is 37.4 Å². The van der Waals surface area contributed by atoms with Gasteiger partial charge in [-0.1, -0.05) is 80.4 Å². The second-order valence-corrected chi connectivity index (χ2v) is 13.5. The highest BCUT2D eigenvalue weighted by molar-refractivity contribution is 7.90. The number of aromatic nitrogens is 2. The van der Waals surface area contributed by atoms with Crippen molar-refractivity contribution < 1.29 is 18.0 Å². The van der Waals surface area contributed by atoms with Gasteiger partial charge in [-0.05, 0) is 72.4 Å².